The van der Waals surface area contributed by atoms with Crippen LogP contribution in [-0.4, -0.2) is 47.6 Å². The van der Waals surface area contributed by atoms with Gasteiger partial charge in [-0.15, -0.1) is 0 Å². The first-order valence-corrected chi connectivity index (χ1v) is 8.15. The van der Waals surface area contributed by atoms with E-state index in [9.17, 15) is 0 Å². The van der Waals surface area contributed by atoms with Gasteiger partial charge < -0.3 is 10.2 Å². The third-order valence-corrected chi connectivity index (χ3v) is 5.33. The van der Waals surface area contributed by atoms with E-state index in [2.05, 4.69) is 22.0 Å². The Labute approximate surface area is 104 Å². The zero-order chi connectivity index (χ0) is 10.8. The van der Waals surface area contributed by atoms with Gasteiger partial charge in [0.25, 0.3) is 0 Å². The Morgan fingerprint density at radius 1 is 0.812 bits per heavy atom. The summed E-state index contributed by atoms with van der Waals surface area (Å²) in [6.07, 6.45) is 8.51. The molecule has 2 heterocycles. The van der Waals surface area contributed by atoms with Crippen LogP contribution in [0, 0.1) is 0 Å². The molecule has 3 heteroatoms. The molecule has 3 rings (SSSR count). The molecule has 1 N–H and O–H groups in total. The minimum Gasteiger partial charge on any atom is -0.311 e. The molecule has 2 aliphatic heterocycles. The van der Waals surface area contributed by atoms with Crippen molar-refractivity contribution >= 4 is 11.8 Å². The maximum absolute atomic E-state index is 3.90. The van der Waals surface area contributed by atoms with Crippen LogP contribution in [0.1, 0.15) is 38.5 Å². The molecule has 3 aliphatic rings. The summed E-state index contributed by atoms with van der Waals surface area (Å²) >= 11 is 2.13. The first kappa shape index (κ1) is 11.4. The van der Waals surface area contributed by atoms with Gasteiger partial charge in [-0.25, -0.2) is 0 Å². The van der Waals surface area contributed by atoms with Gasteiger partial charge in [-0.2, -0.15) is 11.8 Å². The van der Waals surface area contributed by atoms with Crippen LogP contribution in [0.25, 0.3) is 0 Å². The highest BCUT2D eigenvalue weighted by atomic mass is 32.2. The van der Waals surface area contributed by atoms with Crippen molar-refractivity contribution in [3.63, 3.8) is 0 Å². The number of piperidine rings is 1. The standard InChI is InChI=1S/C13H24N2S/c1-2-13(1)15-7-3-11(4-8-15)14-12-5-9-16-10-6-12/h11-14H,1-10H2. The second-order valence-electron chi connectivity index (χ2n) is 5.59. The van der Waals surface area contributed by atoms with Gasteiger partial charge >= 0.3 is 0 Å². The van der Waals surface area contributed by atoms with Crippen molar-refractivity contribution < 1.29 is 0 Å². The number of rotatable bonds is 3. The Morgan fingerprint density at radius 3 is 2.06 bits per heavy atom. The van der Waals surface area contributed by atoms with Crippen molar-refractivity contribution in [1.29, 1.82) is 0 Å². The molecule has 0 aromatic carbocycles. The first-order chi connectivity index (χ1) is 7.92. The number of likely N-dealkylation sites (tertiary alicyclic amines) is 1. The van der Waals surface area contributed by atoms with Gasteiger partial charge in [0.15, 0.2) is 0 Å². The average Bonchev–Trinajstić information content (AvgIpc) is 3.15. The van der Waals surface area contributed by atoms with Crippen molar-refractivity contribution in [3.05, 3.63) is 0 Å². The molecule has 2 nitrogen and oxygen atoms in total. The van der Waals surface area contributed by atoms with E-state index in [1.807, 2.05) is 0 Å². The highest BCUT2D eigenvalue weighted by molar-refractivity contribution is 7.99. The van der Waals surface area contributed by atoms with Gasteiger partial charge in [-0.05, 0) is 63.1 Å². The Bertz CT molecular complexity index is 216. The van der Waals surface area contributed by atoms with Crippen LogP contribution in [-0.2, 0) is 0 Å². The molecule has 0 radical (unpaired) electrons. The van der Waals surface area contributed by atoms with Crippen LogP contribution in [0.5, 0.6) is 0 Å². The Kier molecular flexibility index (Phi) is 3.75. The van der Waals surface area contributed by atoms with Gasteiger partial charge in [0.05, 0.1) is 0 Å². The van der Waals surface area contributed by atoms with Gasteiger partial charge in [-0.1, -0.05) is 0 Å². The van der Waals surface area contributed by atoms with Crippen LogP contribution >= 0.6 is 11.8 Å². The SMILES string of the molecule is C1CC(NC2CCN(C3CC3)CC2)CCS1. The largest absolute Gasteiger partial charge is 0.311 e. The summed E-state index contributed by atoms with van der Waals surface area (Å²) in [5, 5.41) is 3.90. The fourth-order valence-corrected chi connectivity index (χ4v) is 4.18. The highest BCUT2D eigenvalue weighted by Crippen LogP contribution is 2.29. The smallest absolute Gasteiger partial charge is 0.00964 e. The lowest BCUT2D eigenvalue weighted by molar-refractivity contribution is 0.181. The number of thioether (sulfide) groups is 1. The first-order valence-electron chi connectivity index (χ1n) is 6.99. The third-order valence-electron chi connectivity index (χ3n) is 4.29. The zero-order valence-corrected chi connectivity index (χ0v) is 11.0. The molecule has 0 aromatic rings. The van der Waals surface area contributed by atoms with E-state index < -0.39 is 0 Å². The third kappa shape index (κ3) is 2.93. The molecule has 0 bridgehead atoms. The fraction of sp³-hybridized carbons (Fsp3) is 1.00. The summed E-state index contributed by atoms with van der Waals surface area (Å²) < 4.78 is 0. The summed E-state index contributed by atoms with van der Waals surface area (Å²) in [5.74, 6) is 2.75. The van der Waals surface area contributed by atoms with E-state index in [4.69, 9.17) is 0 Å². The van der Waals surface area contributed by atoms with E-state index in [0.717, 1.165) is 18.1 Å². The number of hydrogen-bond donors (Lipinski definition) is 1. The Morgan fingerprint density at radius 2 is 1.44 bits per heavy atom. The topological polar surface area (TPSA) is 15.3 Å². The minimum absolute atomic E-state index is 0.822. The van der Waals surface area contributed by atoms with Crippen LogP contribution in [0.2, 0.25) is 0 Å². The molecule has 2 saturated heterocycles. The second kappa shape index (κ2) is 5.28. The summed E-state index contributed by atoms with van der Waals surface area (Å²) in [6, 6.07) is 2.63. The van der Waals surface area contributed by atoms with Gasteiger partial charge in [0.1, 0.15) is 0 Å². The average molecular weight is 240 g/mol. The summed E-state index contributed by atoms with van der Waals surface area (Å²) in [6.45, 7) is 2.70. The quantitative estimate of drug-likeness (QED) is 0.813. The second-order valence-corrected chi connectivity index (χ2v) is 6.82. The van der Waals surface area contributed by atoms with Gasteiger partial charge in [-0.3, -0.25) is 0 Å². The minimum atomic E-state index is 0.822. The molecule has 0 spiro atoms. The predicted octanol–water partition coefficient (Wildman–Crippen LogP) is 2.10. The highest BCUT2D eigenvalue weighted by Gasteiger charge is 2.32. The van der Waals surface area contributed by atoms with E-state index in [1.54, 1.807) is 0 Å². The molecular weight excluding hydrogens is 216 g/mol. The van der Waals surface area contributed by atoms with Crippen molar-refractivity contribution in [3.8, 4) is 0 Å². The predicted molar refractivity (Wildman–Crippen MR) is 71.1 cm³/mol. The van der Waals surface area contributed by atoms with Crippen LogP contribution in [0.4, 0.5) is 0 Å². The molecule has 0 atom stereocenters. The number of nitrogens with one attached hydrogen (secondary N) is 1. The van der Waals surface area contributed by atoms with E-state index in [1.165, 1.54) is 63.1 Å². The zero-order valence-electron chi connectivity index (χ0n) is 10.2. The monoisotopic (exact) mass is 240 g/mol. The maximum atomic E-state index is 3.90. The molecule has 92 valence electrons. The Hall–Kier alpha value is 0.270. The van der Waals surface area contributed by atoms with E-state index >= 15 is 0 Å². The summed E-state index contributed by atoms with van der Waals surface area (Å²) in [5.41, 5.74) is 0. The molecule has 16 heavy (non-hydrogen) atoms. The normalized spacial score (nSPS) is 30.8. The molecule has 3 fully saturated rings. The lowest BCUT2D eigenvalue weighted by Crippen LogP contribution is -2.47. The molecule has 1 saturated carbocycles. The van der Waals surface area contributed by atoms with Gasteiger partial charge in [0.2, 0.25) is 0 Å². The Balaban J connectivity index is 1.39. The fourth-order valence-electron chi connectivity index (χ4n) is 3.07. The molecular formula is C13H24N2S. The van der Waals surface area contributed by atoms with E-state index in [0.29, 0.717) is 0 Å². The lowest BCUT2D eigenvalue weighted by Gasteiger charge is -2.35. The molecule has 0 unspecified atom stereocenters. The number of nitrogens with zero attached hydrogens (tertiary/aromatic N) is 1. The van der Waals surface area contributed by atoms with Crippen molar-refractivity contribution in [2.75, 3.05) is 24.6 Å². The molecule has 0 aromatic heterocycles. The maximum Gasteiger partial charge on any atom is 0.00964 e. The lowest BCUT2D eigenvalue weighted by atomic mass is 10.0. The number of hydrogen-bond acceptors (Lipinski definition) is 3. The van der Waals surface area contributed by atoms with Crippen molar-refractivity contribution in [2.24, 2.45) is 0 Å². The van der Waals surface area contributed by atoms with E-state index in [-0.39, 0.29) is 0 Å². The van der Waals surface area contributed by atoms with Gasteiger partial charge in [0, 0.05) is 18.1 Å². The summed E-state index contributed by atoms with van der Waals surface area (Å²) in [7, 11) is 0. The van der Waals surface area contributed by atoms with Crippen molar-refractivity contribution in [2.45, 2.75) is 56.7 Å². The molecule has 0 amide bonds. The van der Waals surface area contributed by atoms with Crippen molar-refractivity contribution in [1.82, 2.24) is 10.2 Å². The van der Waals surface area contributed by atoms with Crippen LogP contribution in [0.3, 0.4) is 0 Å². The van der Waals surface area contributed by atoms with Crippen LogP contribution in [0.15, 0.2) is 0 Å². The molecule has 1 aliphatic carbocycles. The van der Waals surface area contributed by atoms with Crippen LogP contribution < -0.4 is 5.32 Å². The summed E-state index contributed by atoms with van der Waals surface area (Å²) in [4.78, 5) is 2.72.